The third-order valence-electron chi connectivity index (χ3n) is 3.66. The van der Waals surface area contributed by atoms with Gasteiger partial charge in [0.1, 0.15) is 17.1 Å². The maximum Gasteiger partial charge on any atom is 0.414 e. The molecule has 2 N–H and O–H groups in total. The molecule has 120 valence electrons. The Morgan fingerprint density at radius 2 is 2.22 bits per heavy atom. The summed E-state index contributed by atoms with van der Waals surface area (Å²) in [6, 6.07) is 7.86. The van der Waals surface area contributed by atoms with Crippen molar-refractivity contribution in [2.45, 2.75) is 12.5 Å². The van der Waals surface area contributed by atoms with Crippen LogP contribution in [0, 0.1) is 5.82 Å². The molecular formula is C16H15ClFN3O2. The van der Waals surface area contributed by atoms with Crippen LogP contribution >= 0.6 is 11.6 Å². The van der Waals surface area contributed by atoms with Crippen LogP contribution in [0.15, 0.2) is 36.5 Å². The summed E-state index contributed by atoms with van der Waals surface area (Å²) in [7, 11) is 0. The molecule has 1 aromatic heterocycles. The highest BCUT2D eigenvalue weighted by molar-refractivity contribution is 6.29. The van der Waals surface area contributed by atoms with Gasteiger partial charge in [0.05, 0.1) is 12.2 Å². The zero-order valence-electron chi connectivity index (χ0n) is 12.2. The molecule has 3 rings (SSSR count). The molecule has 0 saturated carbocycles. The van der Waals surface area contributed by atoms with E-state index in [0.717, 1.165) is 0 Å². The summed E-state index contributed by atoms with van der Waals surface area (Å²) in [6.45, 7) is 0.803. The van der Waals surface area contributed by atoms with Gasteiger partial charge in [-0.2, -0.15) is 0 Å². The first-order chi connectivity index (χ1) is 11.1. The fourth-order valence-electron chi connectivity index (χ4n) is 2.54. The quantitative estimate of drug-likeness (QED) is 0.871. The predicted octanol–water partition coefficient (Wildman–Crippen LogP) is 3.22. The second-order valence-corrected chi connectivity index (χ2v) is 5.61. The molecule has 1 fully saturated rings. The van der Waals surface area contributed by atoms with Crippen LogP contribution in [-0.2, 0) is 4.74 Å². The second-order valence-electron chi connectivity index (χ2n) is 5.23. The molecule has 7 heteroatoms. The molecule has 1 amide bonds. The molecule has 1 saturated heterocycles. The number of nitrogens with two attached hydrogens (primary N) is 1. The number of rotatable bonds is 4. The molecule has 1 aromatic carbocycles. The van der Waals surface area contributed by atoms with Crippen molar-refractivity contribution < 1.29 is 13.9 Å². The lowest BCUT2D eigenvalue weighted by molar-refractivity contribution is 0.138. The number of nitrogens with zero attached hydrogens (tertiary/aromatic N) is 2. The van der Waals surface area contributed by atoms with E-state index in [4.69, 9.17) is 22.1 Å². The number of hydrogen-bond donors (Lipinski definition) is 1. The number of ether oxygens (including phenoxy) is 1. The Morgan fingerprint density at radius 1 is 1.39 bits per heavy atom. The van der Waals surface area contributed by atoms with E-state index < -0.39 is 11.9 Å². The van der Waals surface area contributed by atoms with E-state index in [2.05, 4.69) is 4.98 Å². The van der Waals surface area contributed by atoms with Gasteiger partial charge >= 0.3 is 6.09 Å². The average molecular weight is 336 g/mol. The van der Waals surface area contributed by atoms with Gasteiger partial charge in [0.25, 0.3) is 0 Å². The van der Waals surface area contributed by atoms with E-state index in [-0.39, 0.29) is 6.10 Å². The SMILES string of the molecule is NCC[C@H]1CN(c2ccc(-c3ccnc(Cl)c3)c(F)c2)C(=O)O1. The molecule has 2 heterocycles. The molecule has 5 nitrogen and oxygen atoms in total. The number of cyclic esters (lactones) is 1. The molecule has 23 heavy (non-hydrogen) atoms. The molecular weight excluding hydrogens is 321 g/mol. The van der Waals surface area contributed by atoms with E-state index in [1.807, 2.05) is 0 Å². The van der Waals surface area contributed by atoms with E-state index >= 15 is 0 Å². The van der Waals surface area contributed by atoms with Crippen LogP contribution < -0.4 is 10.6 Å². The Labute approximate surface area is 137 Å². The molecule has 1 atom stereocenters. The van der Waals surface area contributed by atoms with Crippen molar-refractivity contribution in [1.29, 1.82) is 0 Å². The van der Waals surface area contributed by atoms with Crippen LogP contribution in [0.4, 0.5) is 14.9 Å². The first kappa shape index (κ1) is 15.7. The van der Waals surface area contributed by atoms with E-state index in [1.54, 1.807) is 24.3 Å². The highest BCUT2D eigenvalue weighted by Gasteiger charge is 2.32. The maximum atomic E-state index is 14.4. The number of anilines is 1. The summed E-state index contributed by atoms with van der Waals surface area (Å²) >= 11 is 5.83. The highest BCUT2D eigenvalue weighted by Crippen LogP contribution is 2.30. The van der Waals surface area contributed by atoms with E-state index in [1.165, 1.54) is 17.2 Å². The van der Waals surface area contributed by atoms with Crippen molar-refractivity contribution in [1.82, 2.24) is 4.98 Å². The zero-order chi connectivity index (χ0) is 16.4. The maximum absolute atomic E-state index is 14.4. The molecule has 0 aliphatic carbocycles. The van der Waals surface area contributed by atoms with Crippen molar-refractivity contribution >= 4 is 23.4 Å². The van der Waals surface area contributed by atoms with Gasteiger partial charge in [0, 0.05) is 11.8 Å². The van der Waals surface area contributed by atoms with Gasteiger partial charge in [0.2, 0.25) is 0 Å². The van der Waals surface area contributed by atoms with E-state index in [9.17, 15) is 9.18 Å². The standard InChI is InChI=1S/C16H15ClFN3O2/c17-15-7-10(4-6-20-15)13-2-1-11(8-14(13)18)21-9-12(3-5-19)23-16(21)22/h1-2,4,6-8,12H,3,5,9,19H2/t12-/m0/s1. The highest BCUT2D eigenvalue weighted by atomic mass is 35.5. The number of halogens is 2. The summed E-state index contributed by atoms with van der Waals surface area (Å²) in [4.78, 5) is 17.2. The number of hydrogen-bond acceptors (Lipinski definition) is 4. The minimum absolute atomic E-state index is 0.255. The minimum Gasteiger partial charge on any atom is -0.444 e. The molecule has 0 spiro atoms. The Kier molecular flexibility index (Phi) is 4.45. The molecule has 1 aliphatic rings. The van der Waals surface area contributed by atoms with Crippen LogP contribution in [0.3, 0.4) is 0 Å². The van der Waals surface area contributed by atoms with Crippen LogP contribution in [-0.4, -0.2) is 30.3 Å². The number of pyridine rings is 1. The lowest BCUT2D eigenvalue weighted by atomic mass is 10.1. The Morgan fingerprint density at radius 3 is 2.91 bits per heavy atom. The van der Waals surface area contributed by atoms with Crippen molar-refractivity contribution in [2.24, 2.45) is 5.73 Å². The third-order valence-corrected chi connectivity index (χ3v) is 3.87. The van der Waals surface area contributed by atoms with Crippen molar-refractivity contribution in [3.05, 3.63) is 47.5 Å². The minimum atomic E-state index is -0.484. The molecule has 2 aromatic rings. The number of carbonyl (C=O) groups excluding carboxylic acids is 1. The summed E-state index contributed by atoms with van der Waals surface area (Å²) < 4.78 is 19.6. The Bertz CT molecular complexity index is 741. The normalized spacial score (nSPS) is 17.4. The predicted molar refractivity (Wildman–Crippen MR) is 85.9 cm³/mol. The van der Waals surface area contributed by atoms with Crippen LogP contribution in [0.1, 0.15) is 6.42 Å². The van der Waals surface area contributed by atoms with Gasteiger partial charge in [-0.25, -0.2) is 14.2 Å². The van der Waals surface area contributed by atoms with Gasteiger partial charge in [-0.1, -0.05) is 11.6 Å². The monoisotopic (exact) mass is 335 g/mol. The molecule has 1 aliphatic heterocycles. The fraction of sp³-hybridized carbons (Fsp3) is 0.250. The van der Waals surface area contributed by atoms with Gasteiger partial charge < -0.3 is 10.5 Å². The summed E-state index contributed by atoms with van der Waals surface area (Å²) in [5.41, 5.74) is 6.94. The first-order valence-electron chi connectivity index (χ1n) is 7.18. The van der Waals surface area contributed by atoms with Gasteiger partial charge in [-0.15, -0.1) is 0 Å². The number of amides is 1. The average Bonchev–Trinajstić information content (AvgIpc) is 2.88. The summed E-state index contributed by atoms with van der Waals surface area (Å²) in [6.07, 6.45) is 1.36. The summed E-state index contributed by atoms with van der Waals surface area (Å²) in [5, 5.41) is 0.290. The van der Waals surface area contributed by atoms with Crippen LogP contribution in [0.2, 0.25) is 5.15 Å². The van der Waals surface area contributed by atoms with E-state index in [0.29, 0.717) is 41.5 Å². The summed E-state index contributed by atoms with van der Waals surface area (Å²) in [5.74, 6) is -0.445. The van der Waals surface area contributed by atoms with Crippen LogP contribution in [0.5, 0.6) is 0 Å². The van der Waals surface area contributed by atoms with Gasteiger partial charge in [-0.05, 0) is 48.9 Å². The van der Waals surface area contributed by atoms with Crippen molar-refractivity contribution in [3.63, 3.8) is 0 Å². The second kappa shape index (κ2) is 6.52. The lowest BCUT2D eigenvalue weighted by Gasteiger charge is -2.14. The number of benzene rings is 1. The van der Waals surface area contributed by atoms with Crippen molar-refractivity contribution in [3.8, 4) is 11.1 Å². The lowest BCUT2D eigenvalue weighted by Crippen LogP contribution is -2.25. The molecule has 0 radical (unpaired) electrons. The molecule has 0 bridgehead atoms. The fourth-order valence-corrected chi connectivity index (χ4v) is 2.72. The molecule has 0 unspecified atom stereocenters. The zero-order valence-corrected chi connectivity index (χ0v) is 13.0. The number of aromatic nitrogens is 1. The van der Waals surface area contributed by atoms with Gasteiger partial charge in [-0.3, -0.25) is 4.90 Å². The first-order valence-corrected chi connectivity index (χ1v) is 7.56. The van der Waals surface area contributed by atoms with Gasteiger partial charge in [0.15, 0.2) is 0 Å². The Balaban J connectivity index is 1.86. The third kappa shape index (κ3) is 3.28. The van der Waals surface area contributed by atoms with Crippen molar-refractivity contribution in [2.75, 3.05) is 18.0 Å². The van der Waals surface area contributed by atoms with Crippen LogP contribution in [0.25, 0.3) is 11.1 Å². The number of carbonyl (C=O) groups is 1. The smallest absolute Gasteiger partial charge is 0.414 e. The topological polar surface area (TPSA) is 68.5 Å². The largest absolute Gasteiger partial charge is 0.444 e. The Hall–Kier alpha value is -2.18.